The van der Waals surface area contributed by atoms with Crippen molar-refractivity contribution in [1.82, 2.24) is 10.6 Å². The minimum Gasteiger partial charge on any atom is -0.388 e. The van der Waals surface area contributed by atoms with E-state index in [9.17, 15) is 5.11 Å². The Labute approximate surface area is 145 Å². The number of nitrogens with zero attached hydrogens (tertiary/aromatic N) is 1. The molecular weight excluding hydrogens is 302 g/mol. The Hall–Kier alpha value is -1.59. The van der Waals surface area contributed by atoms with E-state index in [4.69, 9.17) is 4.74 Å². The molecule has 1 aromatic carbocycles. The maximum Gasteiger partial charge on any atom is 0.191 e. The van der Waals surface area contributed by atoms with Crippen molar-refractivity contribution in [1.29, 1.82) is 0 Å². The summed E-state index contributed by atoms with van der Waals surface area (Å²) in [5.41, 5.74) is 3.20. The van der Waals surface area contributed by atoms with Gasteiger partial charge in [-0.25, -0.2) is 0 Å². The van der Waals surface area contributed by atoms with Gasteiger partial charge in [0.05, 0.1) is 12.1 Å². The molecule has 0 amide bonds. The Bertz CT molecular complexity index is 531. The Morgan fingerprint density at radius 1 is 1.17 bits per heavy atom. The third-order valence-electron chi connectivity index (χ3n) is 4.29. The lowest BCUT2D eigenvalue weighted by molar-refractivity contribution is -0.0565. The van der Waals surface area contributed by atoms with Gasteiger partial charge in [0.25, 0.3) is 0 Å². The van der Waals surface area contributed by atoms with E-state index in [1.54, 1.807) is 0 Å². The van der Waals surface area contributed by atoms with Gasteiger partial charge >= 0.3 is 0 Å². The molecule has 0 aliphatic carbocycles. The number of rotatable bonds is 6. The average Bonchev–Trinajstić information content (AvgIpc) is 2.52. The number of aliphatic hydroxyl groups is 1. The minimum atomic E-state index is -0.728. The monoisotopic (exact) mass is 333 g/mol. The first-order valence-electron chi connectivity index (χ1n) is 8.90. The van der Waals surface area contributed by atoms with Gasteiger partial charge < -0.3 is 20.5 Å². The lowest BCUT2D eigenvalue weighted by Gasteiger charge is -2.30. The van der Waals surface area contributed by atoms with Crippen LogP contribution >= 0.6 is 0 Å². The number of aryl methyl sites for hydroxylation is 2. The van der Waals surface area contributed by atoms with Crippen molar-refractivity contribution in [2.45, 2.75) is 45.6 Å². The van der Waals surface area contributed by atoms with Crippen LogP contribution in [0.5, 0.6) is 0 Å². The molecule has 0 aromatic heterocycles. The highest BCUT2D eigenvalue weighted by molar-refractivity contribution is 5.79. The van der Waals surface area contributed by atoms with Crippen molar-refractivity contribution in [3.05, 3.63) is 34.9 Å². The first-order chi connectivity index (χ1) is 11.5. The summed E-state index contributed by atoms with van der Waals surface area (Å²) in [7, 11) is 0. The second-order valence-electron chi connectivity index (χ2n) is 6.70. The lowest BCUT2D eigenvalue weighted by atomic mass is 9.95. The van der Waals surface area contributed by atoms with Gasteiger partial charge in [0.15, 0.2) is 5.96 Å². The highest BCUT2D eigenvalue weighted by atomic mass is 16.5. The van der Waals surface area contributed by atoms with Crippen molar-refractivity contribution in [3.63, 3.8) is 0 Å². The van der Waals surface area contributed by atoms with Crippen LogP contribution in [0.2, 0.25) is 0 Å². The molecule has 1 aromatic rings. The summed E-state index contributed by atoms with van der Waals surface area (Å²) in [6, 6.07) is 6.64. The SMILES string of the molecule is CCNC(=NCC1(O)CCOCC1)NCCc1cc(C)cc(C)c1. The largest absolute Gasteiger partial charge is 0.388 e. The van der Waals surface area contributed by atoms with Crippen LogP contribution in [0.15, 0.2) is 23.2 Å². The first kappa shape index (κ1) is 18.7. The second-order valence-corrected chi connectivity index (χ2v) is 6.70. The number of ether oxygens (including phenoxy) is 1. The molecule has 5 heteroatoms. The van der Waals surface area contributed by atoms with E-state index in [1.165, 1.54) is 16.7 Å². The molecule has 0 atom stereocenters. The van der Waals surface area contributed by atoms with Crippen molar-refractivity contribution >= 4 is 5.96 Å². The molecule has 0 saturated carbocycles. The molecule has 0 bridgehead atoms. The molecule has 3 N–H and O–H groups in total. The molecule has 1 heterocycles. The Kier molecular flexibility index (Phi) is 7.06. The fraction of sp³-hybridized carbons (Fsp3) is 0.632. The molecule has 1 aliphatic rings. The molecule has 1 aliphatic heterocycles. The summed E-state index contributed by atoms with van der Waals surface area (Å²) >= 11 is 0. The van der Waals surface area contributed by atoms with E-state index >= 15 is 0 Å². The van der Waals surface area contributed by atoms with Crippen LogP contribution in [0.3, 0.4) is 0 Å². The zero-order valence-electron chi connectivity index (χ0n) is 15.2. The molecule has 1 saturated heterocycles. The molecule has 24 heavy (non-hydrogen) atoms. The minimum absolute atomic E-state index is 0.412. The maximum absolute atomic E-state index is 10.5. The summed E-state index contributed by atoms with van der Waals surface area (Å²) in [5.74, 6) is 0.766. The van der Waals surface area contributed by atoms with Crippen LogP contribution < -0.4 is 10.6 Å². The topological polar surface area (TPSA) is 65.9 Å². The molecule has 0 radical (unpaired) electrons. The zero-order valence-corrected chi connectivity index (χ0v) is 15.2. The Morgan fingerprint density at radius 2 is 1.83 bits per heavy atom. The summed E-state index contributed by atoms with van der Waals surface area (Å²) < 4.78 is 5.31. The third-order valence-corrected chi connectivity index (χ3v) is 4.29. The lowest BCUT2D eigenvalue weighted by Crippen LogP contribution is -2.43. The van der Waals surface area contributed by atoms with Crippen molar-refractivity contribution in [3.8, 4) is 0 Å². The molecule has 5 nitrogen and oxygen atoms in total. The number of aliphatic imine (C=N–C) groups is 1. The van der Waals surface area contributed by atoms with Crippen LogP contribution in [0.25, 0.3) is 0 Å². The predicted molar refractivity (Wildman–Crippen MR) is 98.6 cm³/mol. The number of benzene rings is 1. The number of guanidine groups is 1. The molecule has 0 spiro atoms. The summed E-state index contributed by atoms with van der Waals surface area (Å²) in [5, 5.41) is 17.1. The number of hydrogen-bond donors (Lipinski definition) is 3. The van der Waals surface area contributed by atoms with Crippen molar-refractivity contribution < 1.29 is 9.84 Å². The van der Waals surface area contributed by atoms with Gasteiger partial charge in [-0.2, -0.15) is 0 Å². The van der Waals surface area contributed by atoms with E-state index in [-0.39, 0.29) is 0 Å². The number of nitrogens with one attached hydrogen (secondary N) is 2. The van der Waals surface area contributed by atoms with Crippen LogP contribution in [0, 0.1) is 13.8 Å². The highest BCUT2D eigenvalue weighted by Gasteiger charge is 2.29. The van der Waals surface area contributed by atoms with Gasteiger partial charge in [-0.1, -0.05) is 29.3 Å². The van der Waals surface area contributed by atoms with Crippen LogP contribution in [-0.4, -0.2) is 49.5 Å². The normalized spacial score (nSPS) is 17.6. The van der Waals surface area contributed by atoms with Crippen LogP contribution in [0.4, 0.5) is 0 Å². The van der Waals surface area contributed by atoms with Gasteiger partial charge in [0.1, 0.15) is 0 Å². The zero-order chi connectivity index (χ0) is 17.4. The van der Waals surface area contributed by atoms with Gasteiger partial charge in [-0.05, 0) is 32.8 Å². The smallest absolute Gasteiger partial charge is 0.191 e. The summed E-state index contributed by atoms with van der Waals surface area (Å²) in [4.78, 5) is 4.56. The van der Waals surface area contributed by atoms with Gasteiger partial charge in [-0.15, -0.1) is 0 Å². The van der Waals surface area contributed by atoms with E-state index < -0.39 is 5.60 Å². The Balaban J connectivity index is 1.87. The summed E-state index contributed by atoms with van der Waals surface area (Å²) in [6.45, 7) is 9.56. The first-order valence-corrected chi connectivity index (χ1v) is 8.90. The van der Waals surface area contributed by atoms with E-state index in [0.29, 0.717) is 32.6 Å². The van der Waals surface area contributed by atoms with Gasteiger partial charge in [-0.3, -0.25) is 4.99 Å². The number of hydrogen-bond acceptors (Lipinski definition) is 3. The van der Waals surface area contributed by atoms with Crippen molar-refractivity contribution in [2.24, 2.45) is 4.99 Å². The predicted octanol–water partition coefficient (Wildman–Crippen LogP) is 1.94. The molecule has 2 rings (SSSR count). The van der Waals surface area contributed by atoms with E-state index in [1.807, 2.05) is 6.92 Å². The van der Waals surface area contributed by atoms with Crippen molar-refractivity contribution in [2.75, 3.05) is 32.8 Å². The fourth-order valence-electron chi connectivity index (χ4n) is 3.02. The molecule has 0 unspecified atom stereocenters. The van der Waals surface area contributed by atoms with Crippen LogP contribution in [0.1, 0.15) is 36.5 Å². The maximum atomic E-state index is 10.5. The molecular formula is C19H31N3O2. The summed E-state index contributed by atoms with van der Waals surface area (Å²) in [6.07, 6.45) is 2.25. The third kappa shape index (κ3) is 6.13. The quantitative estimate of drug-likeness (QED) is 0.550. The van der Waals surface area contributed by atoms with Gasteiger partial charge in [0, 0.05) is 39.1 Å². The van der Waals surface area contributed by atoms with E-state index in [2.05, 4.69) is 47.7 Å². The fourth-order valence-corrected chi connectivity index (χ4v) is 3.02. The van der Waals surface area contributed by atoms with Gasteiger partial charge in [0.2, 0.25) is 0 Å². The Morgan fingerprint density at radius 3 is 2.46 bits per heavy atom. The average molecular weight is 333 g/mol. The molecule has 1 fully saturated rings. The molecule has 134 valence electrons. The van der Waals surface area contributed by atoms with Crippen LogP contribution in [-0.2, 0) is 11.2 Å². The highest BCUT2D eigenvalue weighted by Crippen LogP contribution is 2.20. The second kappa shape index (κ2) is 9.04. The van der Waals surface area contributed by atoms with E-state index in [0.717, 1.165) is 25.5 Å². The standard InChI is InChI=1S/C19H31N3O2/c1-4-20-18(22-14-19(23)6-9-24-10-7-19)21-8-5-17-12-15(2)11-16(3)13-17/h11-13,23H,4-10,14H2,1-3H3,(H2,20,21,22).